The van der Waals surface area contributed by atoms with E-state index in [0.29, 0.717) is 5.84 Å². The molecule has 19 heavy (non-hydrogen) atoms. The molecule has 94 valence electrons. The van der Waals surface area contributed by atoms with E-state index in [0.717, 1.165) is 17.0 Å². The van der Waals surface area contributed by atoms with Crippen molar-refractivity contribution < 1.29 is 0 Å². The third-order valence-electron chi connectivity index (χ3n) is 2.73. The quantitative estimate of drug-likeness (QED) is 0.839. The minimum atomic E-state index is -0.497. The number of nitrogens with two attached hydrogens (primary N) is 1. The highest BCUT2D eigenvalue weighted by Gasteiger charge is 2.16. The van der Waals surface area contributed by atoms with Gasteiger partial charge in [-0.3, -0.25) is 10.7 Å². The van der Waals surface area contributed by atoms with Gasteiger partial charge in [-0.05, 0) is 12.1 Å². The molecule has 1 aliphatic heterocycles. The Hall–Kier alpha value is -2.53. The molecule has 1 atom stereocenters. The van der Waals surface area contributed by atoms with Gasteiger partial charge in [0.2, 0.25) is 0 Å². The van der Waals surface area contributed by atoms with E-state index in [2.05, 4.69) is 20.3 Å². The van der Waals surface area contributed by atoms with Gasteiger partial charge in [0.25, 0.3) is 0 Å². The Bertz CT molecular complexity index is 619. The molecule has 1 aliphatic rings. The number of pyridine rings is 1. The van der Waals surface area contributed by atoms with Crippen LogP contribution in [-0.4, -0.2) is 22.9 Å². The average Bonchev–Trinajstić information content (AvgIpc) is 2.48. The van der Waals surface area contributed by atoms with E-state index in [1.54, 1.807) is 12.4 Å². The van der Waals surface area contributed by atoms with E-state index in [-0.39, 0.29) is 0 Å². The second kappa shape index (κ2) is 4.99. The number of hydrogen-bond acceptors (Lipinski definition) is 5. The van der Waals surface area contributed by atoms with Crippen LogP contribution in [0.3, 0.4) is 0 Å². The van der Waals surface area contributed by atoms with Gasteiger partial charge in [-0.2, -0.15) is 0 Å². The summed E-state index contributed by atoms with van der Waals surface area (Å²) in [5.41, 5.74) is 7.73. The van der Waals surface area contributed by atoms with E-state index < -0.39 is 6.29 Å². The fraction of sp³-hybridized carbons (Fsp3) is 0.0714. The molecule has 0 bridgehead atoms. The van der Waals surface area contributed by atoms with Gasteiger partial charge in [0, 0.05) is 23.5 Å². The lowest BCUT2D eigenvalue weighted by Crippen LogP contribution is -2.44. The molecule has 0 saturated carbocycles. The third kappa shape index (κ3) is 2.51. The number of hydrogen-bond donors (Lipinski definition) is 2. The summed E-state index contributed by atoms with van der Waals surface area (Å²) in [6, 6.07) is 13.6. The number of benzene rings is 1. The second-order valence-electron chi connectivity index (χ2n) is 4.11. The van der Waals surface area contributed by atoms with Gasteiger partial charge >= 0.3 is 0 Å². The first-order chi connectivity index (χ1) is 9.33. The molecule has 3 N–H and O–H groups in total. The molecule has 0 spiro atoms. The maximum absolute atomic E-state index is 5.89. The Kier molecular flexibility index (Phi) is 3.04. The van der Waals surface area contributed by atoms with Gasteiger partial charge in [0.1, 0.15) is 5.84 Å². The van der Waals surface area contributed by atoms with E-state index in [4.69, 9.17) is 5.73 Å². The lowest BCUT2D eigenvalue weighted by atomic mass is 10.2. The smallest absolute Gasteiger partial charge is 0.174 e. The summed E-state index contributed by atoms with van der Waals surface area (Å²) in [5, 5.41) is 3.05. The molecule has 0 saturated heterocycles. The van der Waals surface area contributed by atoms with Crippen molar-refractivity contribution in [2.75, 3.05) is 0 Å². The van der Waals surface area contributed by atoms with Crippen LogP contribution in [0, 0.1) is 0 Å². The molecule has 2 heterocycles. The Morgan fingerprint density at radius 3 is 2.53 bits per heavy atom. The summed E-state index contributed by atoms with van der Waals surface area (Å²) in [4.78, 5) is 12.9. The van der Waals surface area contributed by atoms with Crippen molar-refractivity contribution in [3.05, 3.63) is 66.0 Å². The number of aliphatic imine (C=N–C) groups is 2. The van der Waals surface area contributed by atoms with Gasteiger partial charge in [-0.25, -0.2) is 9.98 Å². The average molecular weight is 251 g/mol. The normalized spacial score (nSPS) is 18.3. The largest absolute Gasteiger partial charge is 0.336 e. The predicted molar refractivity (Wildman–Crippen MR) is 74.9 cm³/mol. The maximum Gasteiger partial charge on any atom is 0.174 e. The zero-order chi connectivity index (χ0) is 13.1. The van der Waals surface area contributed by atoms with E-state index in [1.165, 1.54) is 0 Å². The minimum Gasteiger partial charge on any atom is -0.336 e. The fourth-order valence-corrected chi connectivity index (χ4v) is 1.85. The van der Waals surface area contributed by atoms with E-state index in [1.807, 2.05) is 42.5 Å². The summed E-state index contributed by atoms with van der Waals surface area (Å²) in [5.74, 6) is 1.32. The number of rotatable bonds is 2. The van der Waals surface area contributed by atoms with Crippen molar-refractivity contribution in [1.29, 1.82) is 0 Å². The van der Waals surface area contributed by atoms with Crippen molar-refractivity contribution in [1.82, 2.24) is 10.3 Å². The molecule has 0 fully saturated rings. The van der Waals surface area contributed by atoms with Crippen molar-refractivity contribution in [2.45, 2.75) is 6.29 Å². The highest BCUT2D eigenvalue weighted by atomic mass is 15.3. The first-order valence-electron chi connectivity index (χ1n) is 5.97. The molecule has 2 aromatic rings. The van der Waals surface area contributed by atoms with Crippen molar-refractivity contribution >= 4 is 11.7 Å². The molecule has 0 amide bonds. The fourth-order valence-electron chi connectivity index (χ4n) is 1.85. The second-order valence-corrected chi connectivity index (χ2v) is 4.11. The zero-order valence-electron chi connectivity index (χ0n) is 10.2. The van der Waals surface area contributed by atoms with Crippen LogP contribution in [0.25, 0.3) is 0 Å². The predicted octanol–water partition coefficient (Wildman–Crippen LogP) is 1.12. The summed E-state index contributed by atoms with van der Waals surface area (Å²) in [7, 11) is 0. The molecule has 5 nitrogen and oxygen atoms in total. The number of amidine groups is 2. The molecule has 3 rings (SSSR count). The Labute approximate surface area is 110 Å². The van der Waals surface area contributed by atoms with Crippen LogP contribution in [0.15, 0.2) is 64.8 Å². The van der Waals surface area contributed by atoms with Gasteiger partial charge in [0.05, 0.1) is 0 Å². The standard InChI is InChI=1S/C14H13N5/c15-14-18-12(10-5-2-1-3-6-10)17-13(19-14)11-7-4-8-16-9-11/h1-9,14H,15H2,(H,17,18,19). The molecule has 0 aliphatic carbocycles. The highest BCUT2D eigenvalue weighted by Crippen LogP contribution is 2.09. The van der Waals surface area contributed by atoms with Crippen LogP contribution < -0.4 is 11.1 Å². The van der Waals surface area contributed by atoms with Gasteiger partial charge in [0.15, 0.2) is 12.1 Å². The topological polar surface area (TPSA) is 75.7 Å². The molecular weight excluding hydrogens is 238 g/mol. The summed E-state index contributed by atoms with van der Waals surface area (Å²) in [6.07, 6.45) is 2.94. The van der Waals surface area contributed by atoms with Gasteiger partial charge in [-0.1, -0.05) is 30.3 Å². The summed E-state index contributed by atoms with van der Waals surface area (Å²) >= 11 is 0. The van der Waals surface area contributed by atoms with Crippen LogP contribution >= 0.6 is 0 Å². The van der Waals surface area contributed by atoms with E-state index in [9.17, 15) is 0 Å². The number of nitrogens with one attached hydrogen (secondary N) is 1. The van der Waals surface area contributed by atoms with Crippen LogP contribution in [0.2, 0.25) is 0 Å². The van der Waals surface area contributed by atoms with Crippen LogP contribution in [0.5, 0.6) is 0 Å². The zero-order valence-corrected chi connectivity index (χ0v) is 10.2. The Morgan fingerprint density at radius 1 is 1.00 bits per heavy atom. The van der Waals surface area contributed by atoms with Gasteiger partial charge < -0.3 is 5.32 Å². The molecule has 1 aromatic heterocycles. The monoisotopic (exact) mass is 251 g/mol. The van der Waals surface area contributed by atoms with E-state index >= 15 is 0 Å². The van der Waals surface area contributed by atoms with Crippen LogP contribution in [-0.2, 0) is 0 Å². The lowest BCUT2D eigenvalue weighted by molar-refractivity contribution is 0.659. The third-order valence-corrected chi connectivity index (χ3v) is 2.73. The number of aromatic nitrogens is 1. The molecular formula is C14H13N5. The molecule has 1 unspecified atom stereocenters. The van der Waals surface area contributed by atoms with Gasteiger partial charge in [-0.15, -0.1) is 0 Å². The van der Waals surface area contributed by atoms with Crippen molar-refractivity contribution in [3.63, 3.8) is 0 Å². The van der Waals surface area contributed by atoms with Crippen LogP contribution in [0.4, 0.5) is 0 Å². The highest BCUT2D eigenvalue weighted by molar-refractivity contribution is 6.12. The SMILES string of the molecule is NC1N=C(c2cccnc2)N=C(c2ccccc2)N1. The van der Waals surface area contributed by atoms with Crippen molar-refractivity contribution in [2.24, 2.45) is 15.7 Å². The summed E-state index contributed by atoms with van der Waals surface area (Å²) in [6.45, 7) is 0. The Balaban J connectivity index is 2.00. The van der Waals surface area contributed by atoms with Crippen LogP contribution in [0.1, 0.15) is 11.1 Å². The maximum atomic E-state index is 5.89. The first-order valence-corrected chi connectivity index (χ1v) is 5.97. The lowest BCUT2D eigenvalue weighted by Gasteiger charge is -2.19. The van der Waals surface area contributed by atoms with Crippen molar-refractivity contribution in [3.8, 4) is 0 Å². The minimum absolute atomic E-state index is 0.497. The molecule has 5 heteroatoms. The molecule has 1 aromatic carbocycles. The summed E-state index contributed by atoms with van der Waals surface area (Å²) < 4.78 is 0. The Morgan fingerprint density at radius 2 is 1.79 bits per heavy atom. The first kappa shape index (κ1) is 11.6. The molecule has 0 radical (unpaired) electrons. The number of nitrogens with zero attached hydrogens (tertiary/aromatic N) is 3.